The summed E-state index contributed by atoms with van der Waals surface area (Å²) in [5.74, 6) is 0.176. The maximum absolute atomic E-state index is 8.65. The van der Waals surface area contributed by atoms with Crippen LogP contribution in [0.25, 0.3) is 0 Å². The molecule has 0 aromatic heterocycles. The molecule has 2 N–H and O–H groups in total. The highest BCUT2D eigenvalue weighted by Crippen LogP contribution is 2.36. The lowest BCUT2D eigenvalue weighted by atomic mass is 10.0. The van der Waals surface area contributed by atoms with Crippen LogP contribution in [0.1, 0.15) is 27.7 Å². The van der Waals surface area contributed by atoms with Crippen molar-refractivity contribution in [2.75, 3.05) is 13.2 Å². The largest absolute Gasteiger partial charge is 0.508 e. The Bertz CT molecular complexity index is 436. The number of benzene rings is 1. The van der Waals surface area contributed by atoms with Gasteiger partial charge in [0, 0.05) is 6.07 Å². The molecule has 0 saturated carbocycles. The van der Waals surface area contributed by atoms with Gasteiger partial charge < -0.3 is 24.4 Å². The molecule has 0 radical (unpaired) electrons. The van der Waals surface area contributed by atoms with Gasteiger partial charge in [0.1, 0.15) is 23.7 Å². The van der Waals surface area contributed by atoms with E-state index in [0.717, 1.165) is 13.2 Å². The van der Waals surface area contributed by atoms with Crippen LogP contribution < -0.4 is 0 Å². The van der Waals surface area contributed by atoms with Gasteiger partial charge in [-0.15, -0.1) is 0 Å². The molecule has 118 valence electrons. The second kappa shape index (κ2) is 5.83. The molecule has 2 unspecified atom stereocenters. The highest BCUT2D eigenvalue weighted by atomic mass is 16.6. The maximum atomic E-state index is 8.65. The summed E-state index contributed by atoms with van der Waals surface area (Å²) >= 11 is 0. The SMILES string of the molecule is CC(C)(OC(C)(C)C1CO1)C1CO1.Oc1cccc(O)c1. The van der Waals surface area contributed by atoms with Crippen LogP contribution in [0.2, 0.25) is 0 Å². The van der Waals surface area contributed by atoms with Gasteiger partial charge in [-0.25, -0.2) is 0 Å². The number of ether oxygens (including phenoxy) is 3. The maximum Gasteiger partial charge on any atom is 0.119 e. The van der Waals surface area contributed by atoms with E-state index in [0.29, 0.717) is 0 Å². The molecule has 21 heavy (non-hydrogen) atoms. The van der Waals surface area contributed by atoms with Crippen molar-refractivity contribution in [3.8, 4) is 11.5 Å². The van der Waals surface area contributed by atoms with Crippen LogP contribution in [-0.4, -0.2) is 46.8 Å². The molecule has 2 aliphatic heterocycles. The van der Waals surface area contributed by atoms with Crippen molar-refractivity contribution in [1.82, 2.24) is 0 Å². The Kier molecular flexibility index (Phi) is 4.46. The molecule has 0 amide bonds. The molecule has 0 bridgehead atoms. The van der Waals surface area contributed by atoms with Crippen LogP contribution in [-0.2, 0) is 14.2 Å². The van der Waals surface area contributed by atoms with E-state index in [1.807, 2.05) is 0 Å². The fourth-order valence-electron chi connectivity index (χ4n) is 2.20. The normalized spacial score (nSPS) is 24.0. The number of hydrogen-bond donors (Lipinski definition) is 2. The molecule has 5 nitrogen and oxygen atoms in total. The van der Waals surface area contributed by atoms with Crippen LogP contribution in [0.15, 0.2) is 24.3 Å². The Morgan fingerprint density at radius 1 is 0.952 bits per heavy atom. The first-order valence-electron chi connectivity index (χ1n) is 7.12. The van der Waals surface area contributed by atoms with Gasteiger partial charge in [0.25, 0.3) is 0 Å². The van der Waals surface area contributed by atoms with Crippen molar-refractivity contribution in [2.45, 2.75) is 51.1 Å². The van der Waals surface area contributed by atoms with Crippen LogP contribution in [0.5, 0.6) is 11.5 Å². The quantitative estimate of drug-likeness (QED) is 0.835. The minimum absolute atomic E-state index is 0.0880. The van der Waals surface area contributed by atoms with E-state index in [1.165, 1.54) is 18.2 Å². The predicted molar refractivity (Wildman–Crippen MR) is 78.5 cm³/mol. The molecular formula is C16H24O5. The molecule has 2 aliphatic rings. The summed E-state index contributed by atoms with van der Waals surface area (Å²) in [6.07, 6.45) is 0.538. The lowest BCUT2D eigenvalue weighted by Crippen LogP contribution is -2.44. The monoisotopic (exact) mass is 296 g/mol. The van der Waals surface area contributed by atoms with Gasteiger partial charge in [0.15, 0.2) is 0 Å². The molecule has 2 fully saturated rings. The summed E-state index contributed by atoms with van der Waals surface area (Å²) in [6.45, 7) is 9.97. The Labute approximate surface area is 125 Å². The Balaban J connectivity index is 0.000000173. The fourth-order valence-corrected chi connectivity index (χ4v) is 2.20. The number of aromatic hydroxyl groups is 2. The zero-order valence-electron chi connectivity index (χ0n) is 13.0. The fraction of sp³-hybridized carbons (Fsp3) is 0.625. The minimum atomic E-state index is -0.185. The number of phenols is 2. The van der Waals surface area contributed by atoms with Gasteiger partial charge in [0.05, 0.1) is 24.4 Å². The number of rotatable bonds is 4. The average molecular weight is 296 g/mol. The molecule has 3 rings (SSSR count). The molecule has 2 atom stereocenters. The van der Waals surface area contributed by atoms with Gasteiger partial charge in [-0.2, -0.15) is 0 Å². The molecule has 0 spiro atoms. The molecule has 2 heterocycles. The second-order valence-corrected chi connectivity index (χ2v) is 6.47. The molecule has 5 heteroatoms. The highest BCUT2D eigenvalue weighted by molar-refractivity contribution is 5.30. The Morgan fingerprint density at radius 3 is 1.57 bits per heavy atom. The molecule has 1 aromatic carbocycles. The van der Waals surface area contributed by atoms with E-state index >= 15 is 0 Å². The van der Waals surface area contributed by atoms with Gasteiger partial charge >= 0.3 is 0 Å². The summed E-state index contributed by atoms with van der Waals surface area (Å²) in [5.41, 5.74) is -0.370. The molecular weight excluding hydrogens is 272 g/mol. The summed E-state index contributed by atoms with van der Waals surface area (Å²) in [7, 11) is 0. The van der Waals surface area contributed by atoms with Crippen LogP contribution in [0.3, 0.4) is 0 Å². The summed E-state index contributed by atoms with van der Waals surface area (Å²) in [5, 5.41) is 17.3. The number of hydrogen-bond acceptors (Lipinski definition) is 5. The van der Waals surface area contributed by atoms with Crippen LogP contribution in [0.4, 0.5) is 0 Å². The van der Waals surface area contributed by atoms with Crippen molar-refractivity contribution >= 4 is 0 Å². The Hall–Kier alpha value is -1.30. The third kappa shape index (κ3) is 4.88. The lowest BCUT2D eigenvalue weighted by Gasteiger charge is -2.34. The van der Waals surface area contributed by atoms with Crippen LogP contribution in [0, 0.1) is 0 Å². The summed E-state index contributed by atoms with van der Waals surface area (Å²) in [6, 6.07) is 5.85. The van der Waals surface area contributed by atoms with Gasteiger partial charge in [-0.1, -0.05) is 6.07 Å². The van der Waals surface area contributed by atoms with Gasteiger partial charge in [0.2, 0.25) is 0 Å². The van der Waals surface area contributed by atoms with E-state index < -0.39 is 0 Å². The van der Waals surface area contributed by atoms with E-state index in [2.05, 4.69) is 27.7 Å². The lowest BCUT2D eigenvalue weighted by molar-refractivity contribution is -0.142. The van der Waals surface area contributed by atoms with E-state index in [1.54, 1.807) is 6.07 Å². The van der Waals surface area contributed by atoms with Gasteiger partial charge in [-0.05, 0) is 39.8 Å². The average Bonchev–Trinajstić information content (AvgIpc) is 3.19. The second-order valence-electron chi connectivity index (χ2n) is 6.47. The molecule has 0 aliphatic carbocycles. The van der Waals surface area contributed by atoms with Gasteiger partial charge in [-0.3, -0.25) is 0 Å². The third-order valence-corrected chi connectivity index (χ3v) is 3.57. The van der Waals surface area contributed by atoms with E-state index in [4.69, 9.17) is 24.4 Å². The predicted octanol–water partition coefficient (Wildman–Crippen LogP) is 2.46. The first-order valence-corrected chi connectivity index (χ1v) is 7.12. The van der Waals surface area contributed by atoms with Crippen LogP contribution >= 0.6 is 0 Å². The topological polar surface area (TPSA) is 74.8 Å². The van der Waals surface area contributed by atoms with E-state index in [9.17, 15) is 0 Å². The van der Waals surface area contributed by atoms with Crippen molar-refractivity contribution in [3.05, 3.63) is 24.3 Å². The van der Waals surface area contributed by atoms with Crippen molar-refractivity contribution in [3.63, 3.8) is 0 Å². The smallest absolute Gasteiger partial charge is 0.119 e. The number of epoxide rings is 2. The number of phenolic OH excluding ortho intramolecular Hbond substituents is 2. The van der Waals surface area contributed by atoms with Crippen molar-refractivity contribution in [2.24, 2.45) is 0 Å². The first kappa shape index (κ1) is 16.1. The Morgan fingerprint density at radius 2 is 1.33 bits per heavy atom. The standard InChI is InChI=1S/C10H18O3.C6H6O2/c1-9(2,7-5-11-7)13-10(3,4)8-6-12-8;7-5-2-1-3-6(8)4-5/h7-8H,5-6H2,1-4H3;1-4,7-8H. The first-order chi connectivity index (χ1) is 9.71. The van der Waals surface area contributed by atoms with Crippen molar-refractivity contribution < 1.29 is 24.4 Å². The third-order valence-electron chi connectivity index (χ3n) is 3.57. The zero-order valence-corrected chi connectivity index (χ0v) is 13.0. The molecule has 1 aromatic rings. The minimum Gasteiger partial charge on any atom is -0.508 e. The van der Waals surface area contributed by atoms with Crippen molar-refractivity contribution in [1.29, 1.82) is 0 Å². The summed E-state index contributed by atoms with van der Waals surface area (Å²) < 4.78 is 16.5. The zero-order chi connectivity index (χ0) is 15.7. The highest BCUT2D eigenvalue weighted by Gasteiger charge is 2.49. The van der Waals surface area contributed by atoms with E-state index in [-0.39, 0.29) is 34.9 Å². The summed E-state index contributed by atoms with van der Waals surface area (Å²) in [4.78, 5) is 0. The molecule has 2 saturated heterocycles.